The first kappa shape index (κ1) is 11.4. The maximum absolute atomic E-state index is 6.16. The van der Waals surface area contributed by atoms with Crippen LogP contribution in [0.1, 0.15) is 12.5 Å². The van der Waals surface area contributed by atoms with Crippen LogP contribution in [-0.4, -0.2) is 22.9 Å². The van der Waals surface area contributed by atoms with E-state index in [9.17, 15) is 0 Å². The Hall–Kier alpha value is -1.06. The van der Waals surface area contributed by atoms with E-state index in [2.05, 4.69) is 29.5 Å². The molecule has 0 radical (unpaired) electrons. The molecule has 1 atom stereocenters. The molecule has 1 heterocycles. The van der Waals surface area contributed by atoms with Crippen molar-refractivity contribution in [1.29, 1.82) is 0 Å². The molecule has 2 rings (SSSR count). The minimum absolute atomic E-state index is 0.432. The smallest absolute Gasteiger partial charge is 0.159 e. The summed E-state index contributed by atoms with van der Waals surface area (Å²) in [5.74, 6) is 0. The molecule has 1 aromatic heterocycles. The standard InChI is InChI=1S/C12H16ClN3/c1-8(14-2)7-9-5-4-6-10-11(9)12(13)15-16(10)3/h4-6,8,14H,7H2,1-3H3. The van der Waals surface area contributed by atoms with Gasteiger partial charge in [-0.25, -0.2) is 0 Å². The molecule has 86 valence electrons. The number of likely N-dealkylation sites (N-methyl/N-ethyl adjacent to an activating group) is 1. The summed E-state index contributed by atoms with van der Waals surface area (Å²) in [5.41, 5.74) is 2.34. The summed E-state index contributed by atoms with van der Waals surface area (Å²) in [6.07, 6.45) is 0.958. The van der Waals surface area contributed by atoms with Gasteiger partial charge in [-0.1, -0.05) is 23.7 Å². The lowest BCUT2D eigenvalue weighted by Gasteiger charge is -2.10. The first-order valence-corrected chi connectivity index (χ1v) is 5.78. The highest BCUT2D eigenvalue weighted by Crippen LogP contribution is 2.26. The summed E-state index contributed by atoms with van der Waals surface area (Å²) in [7, 11) is 3.88. The van der Waals surface area contributed by atoms with Gasteiger partial charge in [-0.2, -0.15) is 5.10 Å². The Labute approximate surface area is 100 Å². The molecular formula is C12H16ClN3. The molecule has 1 unspecified atom stereocenters. The molecule has 1 aromatic carbocycles. The molecule has 2 aromatic rings. The number of nitrogens with zero attached hydrogens (tertiary/aromatic N) is 2. The van der Waals surface area contributed by atoms with Crippen LogP contribution < -0.4 is 5.32 Å². The van der Waals surface area contributed by atoms with Gasteiger partial charge in [0.25, 0.3) is 0 Å². The van der Waals surface area contributed by atoms with E-state index in [4.69, 9.17) is 11.6 Å². The number of aryl methyl sites for hydroxylation is 1. The first-order chi connectivity index (χ1) is 7.63. The zero-order valence-electron chi connectivity index (χ0n) is 9.79. The van der Waals surface area contributed by atoms with Crippen molar-refractivity contribution < 1.29 is 0 Å². The molecule has 0 bridgehead atoms. The Bertz CT molecular complexity index is 504. The summed E-state index contributed by atoms with van der Waals surface area (Å²) in [6.45, 7) is 2.16. The highest BCUT2D eigenvalue weighted by molar-refractivity contribution is 6.34. The zero-order chi connectivity index (χ0) is 11.7. The largest absolute Gasteiger partial charge is 0.317 e. The number of benzene rings is 1. The number of rotatable bonds is 3. The van der Waals surface area contributed by atoms with Gasteiger partial charge in [-0.15, -0.1) is 0 Å². The molecule has 0 fully saturated rings. The van der Waals surface area contributed by atoms with E-state index in [0.717, 1.165) is 17.3 Å². The van der Waals surface area contributed by atoms with Crippen LogP contribution in [0.25, 0.3) is 10.9 Å². The van der Waals surface area contributed by atoms with Crippen LogP contribution in [0.2, 0.25) is 5.15 Å². The van der Waals surface area contributed by atoms with Crippen LogP contribution in [0.4, 0.5) is 0 Å². The highest BCUT2D eigenvalue weighted by atomic mass is 35.5. The van der Waals surface area contributed by atoms with Crippen molar-refractivity contribution in [2.75, 3.05) is 7.05 Å². The first-order valence-electron chi connectivity index (χ1n) is 5.41. The fourth-order valence-corrected chi connectivity index (χ4v) is 2.26. The lowest BCUT2D eigenvalue weighted by molar-refractivity contribution is 0.610. The predicted molar refractivity (Wildman–Crippen MR) is 67.9 cm³/mol. The van der Waals surface area contributed by atoms with Crippen LogP contribution in [0, 0.1) is 0 Å². The minimum atomic E-state index is 0.432. The average Bonchev–Trinajstić information content (AvgIpc) is 2.56. The summed E-state index contributed by atoms with van der Waals surface area (Å²) in [5, 5.41) is 9.15. The third kappa shape index (κ3) is 1.93. The fraction of sp³-hybridized carbons (Fsp3) is 0.417. The van der Waals surface area contributed by atoms with Crippen LogP contribution in [0.3, 0.4) is 0 Å². The Kier molecular flexibility index (Phi) is 3.17. The van der Waals surface area contributed by atoms with Crippen molar-refractivity contribution in [2.45, 2.75) is 19.4 Å². The molecule has 4 heteroatoms. The molecule has 0 aliphatic heterocycles. The van der Waals surface area contributed by atoms with Crippen molar-refractivity contribution in [3.63, 3.8) is 0 Å². The molecule has 3 nitrogen and oxygen atoms in total. The van der Waals surface area contributed by atoms with E-state index in [1.165, 1.54) is 5.56 Å². The SMILES string of the molecule is CNC(C)Cc1cccc2c1c(Cl)nn2C. The van der Waals surface area contributed by atoms with Gasteiger partial charge >= 0.3 is 0 Å². The Balaban J connectivity index is 2.53. The molecule has 0 spiro atoms. The van der Waals surface area contributed by atoms with Gasteiger partial charge in [0.05, 0.1) is 5.52 Å². The third-order valence-corrected chi connectivity index (χ3v) is 3.20. The molecule has 0 aliphatic rings. The highest BCUT2D eigenvalue weighted by Gasteiger charge is 2.12. The van der Waals surface area contributed by atoms with Crippen molar-refractivity contribution >= 4 is 22.5 Å². The molecular weight excluding hydrogens is 222 g/mol. The minimum Gasteiger partial charge on any atom is -0.317 e. The van der Waals surface area contributed by atoms with Gasteiger partial charge in [-0.05, 0) is 32.0 Å². The molecule has 0 saturated heterocycles. The molecule has 0 amide bonds. The number of aromatic nitrogens is 2. The lowest BCUT2D eigenvalue weighted by Crippen LogP contribution is -2.23. The number of halogens is 1. The second kappa shape index (κ2) is 4.44. The van der Waals surface area contributed by atoms with E-state index in [1.807, 2.05) is 24.8 Å². The fourth-order valence-electron chi connectivity index (χ4n) is 1.93. The predicted octanol–water partition coefficient (Wildman–Crippen LogP) is 2.38. The molecule has 0 saturated carbocycles. The Morgan fingerprint density at radius 2 is 2.25 bits per heavy atom. The van der Waals surface area contributed by atoms with Gasteiger partial charge in [0, 0.05) is 18.5 Å². The summed E-state index contributed by atoms with van der Waals surface area (Å²) < 4.78 is 1.82. The summed E-state index contributed by atoms with van der Waals surface area (Å²) in [6, 6.07) is 6.64. The quantitative estimate of drug-likeness (QED) is 0.889. The van der Waals surface area contributed by atoms with Crippen LogP contribution in [0.15, 0.2) is 18.2 Å². The normalized spacial score (nSPS) is 13.2. The maximum Gasteiger partial charge on any atom is 0.159 e. The van der Waals surface area contributed by atoms with Gasteiger partial charge in [0.1, 0.15) is 0 Å². The topological polar surface area (TPSA) is 29.9 Å². The zero-order valence-corrected chi connectivity index (χ0v) is 10.5. The van der Waals surface area contributed by atoms with Crippen LogP contribution >= 0.6 is 11.6 Å². The summed E-state index contributed by atoms with van der Waals surface area (Å²) >= 11 is 6.16. The summed E-state index contributed by atoms with van der Waals surface area (Å²) in [4.78, 5) is 0. The number of hydrogen-bond donors (Lipinski definition) is 1. The lowest BCUT2D eigenvalue weighted by atomic mass is 10.0. The third-order valence-electron chi connectivity index (χ3n) is 2.94. The van der Waals surface area contributed by atoms with Gasteiger partial charge in [0.15, 0.2) is 5.15 Å². The van der Waals surface area contributed by atoms with E-state index in [0.29, 0.717) is 11.2 Å². The van der Waals surface area contributed by atoms with Crippen LogP contribution in [0.5, 0.6) is 0 Å². The Morgan fingerprint density at radius 1 is 1.50 bits per heavy atom. The number of nitrogens with one attached hydrogen (secondary N) is 1. The van der Waals surface area contributed by atoms with Gasteiger partial charge in [-0.3, -0.25) is 4.68 Å². The molecule has 0 aliphatic carbocycles. The number of fused-ring (bicyclic) bond motifs is 1. The van der Waals surface area contributed by atoms with Crippen molar-refractivity contribution in [2.24, 2.45) is 7.05 Å². The molecule has 16 heavy (non-hydrogen) atoms. The Morgan fingerprint density at radius 3 is 2.94 bits per heavy atom. The second-order valence-electron chi connectivity index (χ2n) is 4.12. The average molecular weight is 238 g/mol. The van der Waals surface area contributed by atoms with Crippen molar-refractivity contribution in [3.8, 4) is 0 Å². The number of hydrogen-bond acceptors (Lipinski definition) is 2. The van der Waals surface area contributed by atoms with E-state index < -0.39 is 0 Å². The van der Waals surface area contributed by atoms with Crippen molar-refractivity contribution in [1.82, 2.24) is 15.1 Å². The van der Waals surface area contributed by atoms with Gasteiger partial charge in [0.2, 0.25) is 0 Å². The van der Waals surface area contributed by atoms with Crippen LogP contribution in [-0.2, 0) is 13.5 Å². The van der Waals surface area contributed by atoms with E-state index >= 15 is 0 Å². The van der Waals surface area contributed by atoms with Crippen molar-refractivity contribution in [3.05, 3.63) is 28.9 Å². The van der Waals surface area contributed by atoms with E-state index in [1.54, 1.807) is 0 Å². The monoisotopic (exact) mass is 237 g/mol. The maximum atomic E-state index is 6.16. The second-order valence-corrected chi connectivity index (χ2v) is 4.48. The van der Waals surface area contributed by atoms with E-state index in [-0.39, 0.29) is 0 Å². The van der Waals surface area contributed by atoms with Gasteiger partial charge < -0.3 is 5.32 Å². The molecule has 1 N–H and O–H groups in total.